The van der Waals surface area contributed by atoms with Gasteiger partial charge < -0.3 is 10.0 Å². The zero-order valence-electron chi connectivity index (χ0n) is 5.00. The lowest BCUT2D eigenvalue weighted by molar-refractivity contribution is 0.387. The number of hydrogen-bond acceptors (Lipinski definition) is 2. The average molecular weight is 136 g/mol. The highest BCUT2D eigenvalue weighted by Crippen LogP contribution is 2.15. The molecule has 8 heavy (non-hydrogen) atoms. The van der Waals surface area contributed by atoms with Crippen LogP contribution in [0.25, 0.3) is 0 Å². The molecule has 0 heterocycles. The highest BCUT2D eigenvalue weighted by molar-refractivity contribution is 6.45. The average Bonchev–Trinajstić information content (AvgIpc) is 1.64. The molecule has 0 rings (SSSR count). The molecule has 0 fully saturated rings. The summed E-state index contributed by atoms with van der Waals surface area (Å²) >= 11 is 5.50. The van der Waals surface area contributed by atoms with Gasteiger partial charge in [0, 0.05) is 11.2 Å². The summed E-state index contributed by atoms with van der Waals surface area (Å²) in [5.41, 5.74) is 0. The van der Waals surface area contributed by atoms with Gasteiger partial charge in [0.15, 0.2) is 0 Å². The molecule has 0 aromatic heterocycles. The Morgan fingerprint density at radius 1 is 1.38 bits per heavy atom. The predicted molar refractivity (Wildman–Crippen MR) is 34.9 cm³/mol. The van der Waals surface area contributed by atoms with E-state index in [1.807, 2.05) is 0 Å². The van der Waals surface area contributed by atoms with Crippen molar-refractivity contribution in [1.29, 1.82) is 0 Å². The van der Waals surface area contributed by atoms with Gasteiger partial charge in [0.2, 0.25) is 0 Å². The maximum Gasteiger partial charge on any atom is 0.455 e. The summed E-state index contributed by atoms with van der Waals surface area (Å²) < 4.78 is 0. The molecule has 48 valence electrons. The minimum atomic E-state index is -1.29. The Kier molecular flexibility index (Phi) is 3.44. The first kappa shape index (κ1) is 8.27. The lowest BCUT2D eigenvalue weighted by Gasteiger charge is -2.10. The van der Waals surface area contributed by atoms with Gasteiger partial charge in [0.1, 0.15) is 0 Å². The number of alkyl halides is 1. The van der Waals surface area contributed by atoms with E-state index >= 15 is 0 Å². The van der Waals surface area contributed by atoms with E-state index in [1.165, 1.54) is 0 Å². The third kappa shape index (κ3) is 2.55. The van der Waals surface area contributed by atoms with Crippen LogP contribution in [0.5, 0.6) is 0 Å². The van der Waals surface area contributed by atoms with Gasteiger partial charge in [-0.05, 0) is 6.92 Å². The van der Waals surface area contributed by atoms with Crippen molar-refractivity contribution in [2.24, 2.45) is 0 Å². The van der Waals surface area contributed by atoms with Crippen LogP contribution in [0.3, 0.4) is 0 Å². The van der Waals surface area contributed by atoms with Crippen molar-refractivity contribution in [3.05, 3.63) is 0 Å². The van der Waals surface area contributed by atoms with Crippen LogP contribution in [0.4, 0.5) is 0 Å². The van der Waals surface area contributed by atoms with Gasteiger partial charge in [-0.1, -0.05) is 6.92 Å². The summed E-state index contributed by atoms with van der Waals surface area (Å²) in [4.78, 5) is 0. The minimum absolute atomic E-state index is 0.185. The maximum absolute atomic E-state index is 8.46. The van der Waals surface area contributed by atoms with Crippen LogP contribution < -0.4 is 0 Å². The summed E-state index contributed by atoms with van der Waals surface area (Å²) in [7, 11) is -1.29. The Bertz CT molecular complexity index is 59.1. The van der Waals surface area contributed by atoms with Crippen molar-refractivity contribution in [2.75, 3.05) is 0 Å². The zero-order chi connectivity index (χ0) is 6.73. The van der Waals surface area contributed by atoms with Crippen LogP contribution in [0.1, 0.15) is 13.8 Å². The molecular formula is C4H10BClO2. The molecule has 0 spiro atoms. The molecule has 4 heteroatoms. The van der Waals surface area contributed by atoms with Crippen LogP contribution in [-0.4, -0.2) is 22.5 Å². The Labute approximate surface area is 54.6 Å². The molecule has 0 amide bonds. The van der Waals surface area contributed by atoms with E-state index in [1.54, 1.807) is 13.8 Å². The molecule has 2 unspecified atom stereocenters. The van der Waals surface area contributed by atoms with E-state index in [2.05, 4.69) is 0 Å². The molecule has 0 radical (unpaired) electrons. The predicted octanol–water partition coefficient (Wildman–Crippen LogP) is 0.477. The first-order valence-corrected chi connectivity index (χ1v) is 2.99. The van der Waals surface area contributed by atoms with Gasteiger partial charge in [-0.15, -0.1) is 11.6 Å². The van der Waals surface area contributed by atoms with Crippen LogP contribution in [0, 0.1) is 0 Å². The van der Waals surface area contributed by atoms with E-state index in [9.17, 15) is 0 Å². The normalized spacial score (nSPS) is 17.6. The smallest absolute Gasteiger partial charge is 0.427 e. The molecule has 0 aliphatic heterocycles. The van der Waals surface area contributed by atoms with Crippen molar-refractivity contribution < 1.29 is 10.0 Å². The lowest BCUT2D eigenvalue weighted by Crippen LogP contribution is -2.23. The molecule has 0 aromatic carbocycles. The fraction of sp³-hybridized carbons (Fsp3) is 1.00. The number of hydrogen-bond donors (Lipinski definition) is 2. The lowest BCUT2D eigenvalue weighted by atomic mass is 9.72. The largest absolute Gasteiger partial charge is 0.455 e. The van der Waals surface area contributed by atoms with Gasteiger partial charge in [0.25, 0.3) is 0 Å². The Balaban J connectivity index is 3.46. The molecule has 0 saturated heterocycles. The molecule has 2 N–H and O–H groups in total. The molecule has 2 nitrogen and oxygen atoms in total. The van der Waals surface area contributed by atoms with Crippen LogP contribution in [0.15, 0.2) is 0 Å². The highest BCUT2D eigenvalue weighted by Gasteiger charge is 2.22. The molecule has 0 saturated carbocycles. The Hall–Kier alpha value is 0.275. The van der Waals surface area contributed by atoms with E-state index in [-0.39, 0.29) is 11.2 Å². The van der Waals surface area contributed by atoms with Crippen molar-refractivity contribution >= 4 is 18.7 Å². The van der Waals surface area contributed by atoms with E-state index in [4.69, 9.17) is 21.6 Å². The first-order chi connectivity index (χ1) is 3.55. The second kappa shape index (κ2) is 3.33. The fourth-order valence-corrected chi connectivity index (χ4v) is 0.367. The minimum Gasteiger partial charge on any atom is -0.427 e. The van der Waals surface area contributed by atoms with Gasteiger partial charge in [-0.2, -0.15) is 0 Å². The maximum atomic E-state index is 8.46. The van der Waals surface area contributed by atoms with Crippen LogP contribution in [0.2, 0.25) is 5.82 Å². The highest BCUT2D eigenvalue weighted by atomic mass is 35.5. The summed E-state index contributed by atoms with van der Waals surface area (Å²) in [6.45, 7) is 3.41. The number of halogens is 1. The van der Waals surface area contributed by atoms with E-state index in [0.717, 1.165) is 0 Å². The third-order valence-corrected chi connectivity index (χ3v) is 1.59. The van der Waals surface area contributed by atoms with Crippen molar-refractivity contribution in [2.45, 2.75) is 25.0 Å². The third-order valence-electron chi connectivity index (χ3n) is 1.19. The summed E-state index contributed by atoms with van der Waals surface area (Å²) in [5.74, 6) is -0.253. The van der Waals surface area contributed by atoms with Crippen molar-refractivity contribution in [3.63, 3.8) is 0 Å². The topological polar surface area (TPSA) is 40.5 Å². The quantitative estimate of drug-likeness (QED) is 0.428. The molecule has 2 atom stereocenters. The van der Waals surface area contributed by atoms with Crippen LogP contribution >= 0.6 is 11.6 Å². The molecule has 0 aliphatic carbocycles. The number of rotatable bonds is 2. The second-order valence-corrected chi connectivity index (χ2v) is 2.64. The monoisotopic (exact) mass is 136 g/mol. The summed E-state index contributed by atoms with van der Waals surface area (Å²) in [6.07, 6.45) is 0. The molecule has 0 aliphatic rings. The molecule has 0 aromatic rings. The Morgan fingerprint density at radius 3 is 1.75 bits per heavy atom. The van der Waals surface area contributed by atoms with E-state index in [0.29, 0.717) is 0 Å². The Morgan fingerprint density at radius 2 is 1.75 bits per heavy atom. The van der Waals surface area contributed by atoms with Gasteiger partial charge in [0.05, 0.1) is 0 Å². The summed E-state index contributed by atoms with van der Waals surface area (Å²) in [5, 5.41) is 16.7. The SMILES string of the molecule is CC(Cl)C(C)B(O)O. The first-order valence-electron chi connectivity index (χ1n) is 2.56. The van der Waals surface area contributed by atoms with Gasteiger partial charge >= 0.3 is 7.12 Å². The molecule has 0 bridgehead atoms. The standard InChI is InChI=1S/C4H10BClO2/c1-3(4(2)6)5(7)8/h3-4,7-8H,1-2H3. The van der Waals surface area contributed by atoms with Gasteiger partial charge in [-0.25, -0.2) is 0 Å². The summed E-state index contributed by atoms with van der Waals surface area (Å²) in [6, 6.07) is 0. The van der Waals surface area contributed by atoms with Crippen molar-refractivity contribution in [1.82, 2.24) is 0 Å². The fourth-order valence-electron chi connectivity index (χ4n) is 0.237. The van der Waals surface area contributed by atoms with Gasteiger partial charge in [-0.3, -0.25) is 0 Å². The van der Waals surface area contributed by atoms with E-state index < -0.39 is 7.12 Å². The molecular weight excluding hydrogens is 126 g/mol. The van der Waals surface area contributed by atoms with Crippen molar-refractivity contribution in [3.8, 4) is 0 Å². The van der Waals surface area contributed by atoms with Crippen LogP contribution in [-0.2, 0) is 0 Å². The second-order valence-electron chi connectivity index (χ2n) is 1.95. The zero-order valence-corrected chi connectivity index (χ0v) is 5.76.